The van der Waals surface area contributed by atoms with Crippen molar-refractivity contribution in [1.82, 2.24) is 20.0 Å². The maximum Gasteiger partial charge on any atom is 0.137 e. The third-order valence-electron chi connectivity index (χ3n) is 3.66. The van der Waals surface area contributed by atoms with E-state index in [1.165, 1.54) is 5.56 Å². The van der Waals surface area contributed by atoms with Crippen molar-refractivity contribution in [3.8, 4) is 0 Å². The van der Waals surface area contributed by atoms with Crippen molar-refractivity contribution < 1.29 is 9.84 Å². The van der Waals surface area contributed by atoms with Gasteiger partial charge in [-0.3, -0.25) is 0 Å². The molecule has 1 aliphatic heterocycles. The molecule has 2 aromatic rings. The van der Waals surface area contributed by atoms with Gasteiger partial charge in [0.05, 0.1) is 18.9 Å². The third-order valence-corrected chi connectivity index (χ3v) is 3.66. The lowest BCUT2D eigenvalue weighted by atomic mass is 10.1. The Balaban J connectivity index is 1.58. The fraction of sp³-hybridized carbons (Fsp3) is 0.533. The highest BCUT2D eigenvalue weighted by molar-refractivity contribution is 5.41. The molecule has 6 nitrogen and oxygen atoms in total. The number of nitrogens with one attached hydrogen (secondary N) is 2. The first-order valence-electron chi connectivity index (χ1n) is 7.30. The molecule has 0 aromatic carbocycles. The summed E-state index contributed by atoms with van der Waals surface area (Å²) in [6, 6.07) is 4.06. The Kier molecular flexibility index (Phi) is 4.21. The second-order valence-corrected chi connectivity index (χ2v) is 5.76. The van der Waals surface area contributed by atoms with Crippen LogP contribution in [0.5, 0.6) is 0 Å². The molecule has 0 spiro atoms. The lowest BCUT2D eigenvalue weighted by Crippen LogP contribution is -2.50. The summed E-state index contributed by atoms with van der Waals surface area (Å²) in [5.41, 5.74) is 2.25. The van der Waals surface area contributed by atoms with Gasteiger partial charge < -0.3 is 24.9 Å². The molecule has 1 aliphatic rings. The number of β-amino-alcohol motifs (C(OH)–C–C–N with tert-alkyl or cyclic N) is 1. The minimum atomic E-state index is -0.855. The Morgan fingerprint density at radius 2 is 2.38 bits per heavy atom. The van der Waals surface area contributed by atoms with Crippen LogP contribution in [0.3, 0.4) is 0 Å². The second-order valence-electron chi connectivity index (χ2n) is 5.76. The summed E-state index contributed by atoms with van der Waals surface area (Å²) < 4.78 is 7.43. The topological polar surface area (TPSA) is 70.8 Å². The molecule has 0 amide bonds. The summed E-state index contributed by atoms with van der Waals surface area (Å²) in [6.07, 6.45) is 4.07. The molecular weight excluding hydrogens is 268 g/mol. The fourth-order valence-electron chi connectivity index (χ4n) is 2.56. The maximum atomic E-state index is 10.4. The van der Waals surface area contributed by atoms with Crippen molar-refractivity contribution in [3.05, 3.63) is 35.8 Å². The molecule has 6 heteroatoms. The van der Waals surface area contributed by atoms with Gasteiger partial charge in [0.2, 0.25) is 0 Å². The summed E-state index contributed by atoms with van der Waals surface area (Å²) in [5.74, 6) is 0. The minimum absolute atomic E-state index is 0.358. The minimum Gasteiger partial charge on any atom is -0.385 e. The number of hydrogen-bond donors (Lipinski definition) is 3. The van der Waals surface area contributed by atoms with Crippen molar-refractivity contribution in [2.75, 3.05) is 32.8 Å². The second kappa shape index (κ2) is 6.11. The van der Waals surface area contributed by atoms with E-state index in [9.17, 15) is 5.11 Å². The Labute approximate surface area is 124 Å². The summed E-state index contributed by atoms with van der Waals surface area (Å²) in [5, 5.41) is 16.9. The largest absolute Gasteiger partial charge is 0.385 e. The highest BCUT2D eigenvalue weighted by atomic mass is 16.5. The van der Waals surface area contributed by atoms with E-state index in [2.05, 4.69) is 34.8 Å². The first-order chi connectivity index (χ1) is 10.1. The van der Waals surface area contributed by atoms with Gasteiger partial charge in [-0.25, -0.2) is 4.98 Å². The Morgan fingerprint density at radius 3 is 3.29 bits per heavy atom. The number of imidazole rings is 1. The van der Waals surface area contributed by atoms with Crippen LogP contribution in [0.15, 0.2) is 24.5 Å². The normalized spacial score (nSPS) is 23.3. The van der Waals surface area contributed by atoms with Gasteiger partial charge in [0.1, 0.15) is 11.2 Å². The van der Waals surface area contributed by atoms with Crippen LogP contribution in [0.25, 0.3) is 5.65 Å². The van der Waals surface area contributed by atoms with Gasteiger partial charge in [-0.15, -0.1) is 0 Å². The maximum absolute atomic E-state index is 10.4. The van der Waals surface area contributed by atoms with Gasteiger partial charge in [-0.2, -0.15) is 0 Å². The first-order valence-corrected chi connectivity index (χ1v) is 7.30. The summed E-state index contributed by atoms with van der Waals surface area (Å²) >= 11 is 0. The van der Waals surface area contributed by atoms with Gasteiger partial charge in [-0.1, -0.05) is 6.07 Å². The van der Waals surface area contributed by atoms with Crippen molar-refractivity contribution in [3.63, 3.8) is 0 Å². The number of nitrogens with zero attached hydrogens (tertiary/aromatic N) is 2. The van der Waals surface area contributed by atoms with Gasteiger partial charge >= 0.3 is 0 Å². The highest BCUT2D eigenvalue weighted by Crippen LogP contribution is 2.09. The quantitative estimate of drug-likeness (QED) is 0.744. The number of aromatic nitrogens is 2. The van der Waals surface area contributed by atoms with Crippen molar-refractivity contribution in [2.24, 2.45) is 0 Å². The average Bonchev–Trinajstić information content (AvgIpc) is 2.71. The number of rotatable bonds is 4. The molecule has 0 aliphatic carbocycles. The van der Waals surface area contributed by atoms with Crippen LogP contribution < -0.4 is 10.6 Å². The fourth-order valence-corrected chi connectivity index (χ4v) is 2.56. The van der Waals surface area contributed by atoms with Crippen molar-refractivity contribution >= 4 is 5.65 Å². The van der Waals surface area contributed by atoms with E-state index >= 15 is 0 Å². The molecule has 0 bridgehead atoms. The smallest absolute Gasteiger partial charge is 0.137 e. The Bertz CT molecular complexity index is 603. The van der Waals surface area contributed by atoms with Crippen LogP contribution >= 0.6 is 0 Å². The number of fused-ring (bicyclic) bond motifs is 1. The highest BCUT2D eigenvalue weighted by Gasteiger charge is 2.28. The Hall–Kier alpha value is -1.47. The van der Waals surface area contributed by atoms with Crippen LogP contribution in [0, 0.1) is 6.92 Å². The Morgan fingerprint density at radius 1 is 1.48 bits per heavy atom. The van der Waals surface area contributed by atoms with E-state index in [1.54, 1.807) is 0 Å². The number of aliphatic hydroxyl groups is 1. The summed E-state index contributed by atoms with van der Waals surface area (Å²) in [7, 11) is 0. The molecule has 2 aromatic heterocycles. The van der Waals surface area contributed by atoms with Crippen LogP contribution in [0.1, 0.15) is 11.3 Å². The van der Waals surface area contributed by atoms with E-state index in [0.717, 1.165) is 17.9 Å². The first kappa shape index (κ1) is 14.5. The molecule has 3 N–H and O–H groups in total. The molecule has 3 rings (SSSR count). The van der Waals surface area contributed by atoms with Gasteiger partial charge in [0.25, 0.3) is 0 Å². The molecule has 114 valence electrons. The molecule has 21 heavy (non-hydrogen) atoms. The summed E-state index contributed by atoms with van der Waals surface area (Å²) in [4.78, 5) is 4.55. The molecule has 1 saturated heterocycles. The third kappa shape index (κ3) is 3.59. The monoisotopic (exact) mass is 290 g/mol. The average molecular weight is 290 g/mol. The number of ether oxygens (including phenoxy) is 1. The van der Waals surface area contributed by atoms with Crippen LogP contribution in [0.4, 0.5) is 0 Å². The zero-order valence-electron chi connectivity index (χ0n) is 12.3. The zero-order valence-corrected chi connectivity index (χ0v) is 12.3. The zero-order chi connectivity index (χ0) is 14.7. The predicted molar refractivity (Wildman–Crippen MR) is 80.3 cm³/mol. The van der Waals surface area contributed by atoms with Gasteiger partial charge in [-0.05, 0) is 18.6 Å². The molecule has 0 saturated carbocycles. The molecule has 0 radical (unpaired) electrons. The van der Waals surface area contributed by atoms with E-state index < -0.39 is 5.60 Å². The van der Waals surface area contributed by atoms with Crippen LogP contribution in [0.2, 0.25) is 0 Å². The van der Waals surface area contributed by atoms with Crippen molar-refractivity contribution in [1.29, 1.82) is 0 Å². The molecular formula is C15H22N4O2. The SMILES string of the molecule is Cc1ccc2nc(CNCC3(O)CNCCOC3)cn2c1. The van der Waals surface area contributed by atoms with E-state index in [1.807, 2.05) is 16.7 Å². The lowest BCUT2D eigenvalue weighted by Gasteiger charge is -2.25. The number of hydrogen-bond acceptors (Lipinski definition) is 5. The molecule has 1 fully saturated rings. The van der Waals surface area contributed by atoms with E-state index in [0.29, 0.717) is 32.8 Å². The van der Waals surface area contributed by atoms with Crippen molar-refractivity contribution in [2.45, 2.75) is 19.1 Å². The van der Waals surface area contributed by atoms with E-state index in [-0.39, 0.29) is 0 Å². The van der Waals surface area contributed by atoms with Gasteiger partial charge in [0.15, 0.2) is 0 Å². The number of pyridine rings is 1. The van der Waals surface area contributed by atoms with E-state index in [4.69, 9.17) is 4.74 Å². The van der Waals surface area contributed by atoms with Crippen LogP contribution in [-0.2, 0) is 11.3 Å². The molecule has 3 heterocycles. The molecule has 1 unspecified atom stereocenters. The number of aryl methyl sites for hydroxylation is 1. The molecule has 1 atom stereocenters. The lowest BCUT2D eigenvalue weighted by molar-refractivity contribution is -0.0264. The predicted octanol–water partition coefficient (Wildman–Crippen LogP) is 0.0832. The summed E-state index contributed by atoms with van der Waals surface area (Å²) in [6.45, 7) is 5.51. The van der Waals surface area contributed by atoms with Gasteiger partial charge in [0, 0.05) is 38.6 Å². The standard InChI is InChI=1S/C15H22N4O2/c1-12-2-3-14-18-13(8-19(14)7-12)6-17-10-15(20)9-16-4-5-21-11-15/h2-3,7-8,16-17,20H,4-6,9-11H2,1H3. The van der Waals surface area contributed by atoms with Crippen LogP contribution in [-0.4, -0.2) is 52.9 Å².